The summed E-state index contributed by atoms with van der Waals surface area (Å²) >= 11 is 1.70. The first kappa shape index (κ1) is 7.04. The largest absolute Gasteiger partial charge is 0.237 e. The van der Waals surface area contributed by atoms with Gasteiger partial charge in [0.15, 0.2) is 0 Å². The highest BCUT2D eigenvalue weighted by Gasteiger charge is 2.09. The lowest BCUT2D eigenvalue weighted by Crippen LogP contribution is -1.67. The van der Waals surface area contributed by atoms with Crippen molar-refractivity contribution in [2.75, 3.05) is 0 Å². The average molecular weight is 185 g/mol. The Hall–Kier alpha value is -1.41. The summed E-state index contributed by atoms with van der Waals surface area (Å²) in [5.41, 5.74) is 2.34. The van der Waals surface area contributed by atoms with Gasteiger partial charge in [0.25, 0.3) is 0 Å². The minimum Gasteiger partial charge on any atom is -0.237 e. The molecule has 1 nitrogen and oxygen atoms in total. The van der Waals surface area contributed by atoms with Crippen LogP contribution in [0.25, 0.3) is 21.5 Å². The summed E-state index contributed by atoms with van der Waals surface area (Å²) in [6.07, 6.45) is 0. The van der Waals surface area contributed by atoms with Crippen molar-refractivity contribution in [3.05, 3.63) is 41.8 Å². The molecule has 2 heterocycles. The van der Waals surface area contributed by atoms with Crippen LogP contribution in [-0.2, 0) is 0 Å². The van der Waals surface area contributed by atoms with Crippen molar-refractivity contribution in [2.24, 2.45) is 0 Å². The average Bonchev–Trinajstić information content (AvgIpc) is 2.61. The molecule has 62 valence electrons. The summed E-state index contributed by atoms with van der Waals surface area (Å²) in [5.74, 6) is 0. The van der Waals surface area contributed by atoms with E-state index < -0.39 is 0 Å². The van der Waals surface area contributed by atoms with Gasteiger partial charge in [-0.3, -0.25) is 0 Å². The van der Waals surface area contributed by atoms with Crippen molar-refractivity contribution in [3.8, 4) is 11.3 Å². The highest BCUT2D eigenvalue weighted by Crippen LogP contribution is 2.32. The molecule has 0 saturated carbocycles. The Balaban J connectivity index is 2.54. The smallest absolute Gasteiger partial charge is 0.124 e. The highest BCUT2D eigenvalue weighted by molar-refractivity contribution is 7.16. The third kappa shape index (κ3) is 0.956. The topological polar surface area (TPSA) is 12.9 Å². The van der Waals surface area contributed by atoms with Gasteiger partial charge in [-0.2, -0.15) is 0 Å². The SMILES string of the molecule is c1ccc2nc3sccc3c-2cc1. The monoisotopic (exact) mass is 185 g/mol. The second-order valence-corrected chi connectivity index (χ2v) is 3.86. The zero-order chi connectivity index (χ0) is 8.67. The molecular weight excluding hydrogens is 178 g/mol. The predicted octanol–water partition coefficient (Wildman–Crippen LogP) is 3.40. The molecule has 13 heavy (non-hydrogen) atoms. The Morgan fingerprint density at radius 2 is 1.92 bits per heavy atom. The molecule has 3 rings (SSSR count). The fraction of sp³-hybridized carbons (Fsp3) is 0. The van der Waals surface area contributed by atoms with Crippen molar-refractivity contribution in [2.45, 2.75) is 0 Å². The van der Waals surface area contributed by atoms with Crippen LogP contribution in [-0.4, -0.2) is 4.98 Å². The van der Waals surface area contributed by atoms with Crippen LogP contribution in [0.1, 0.15) is 0 Å². The molecule has 1 aromatic rings. The fourth-order valence-corrected chi connectivity index (χ4v) is 2.35. The standard InChI is InChI=1S/C11H7NS/c1-2-4-8-9-6-7-13-11(9)12-10(8)5-3-1/h1-7H. The van der Waals surface area contributed by atoms with Crippen molar-refractivity contribution in [1.29, 1.82) is 0 Å². The third-order valence-corrected chi connectivity index (χ3v) is 2.98. The van der Waals surface area contributed by atoms with E-state index in [1.807, 2.05) is 12.1 Å². The van der Waals surface area contributed by atoms with Crippen molar-refractivity contribution >= 4 is 21.6 Å². The second kappa shape index (κ2) is 2.54. The van der Waals surface area contributed by atoms with Gasteiger partial charge in [0.1, 0.15) is 4.83 Å². The van der Waals surface area contributed by atoms with Crippen LogP contribution in [0.4, 0.5) is 0 Å². The van der Waals surface area contributed by atoms with E-state index in [4.69, 9.17) is 0 Å². The minimum absolute atomic E-state index is 1.09. The van der Waals surface area contributed by atoms with E-state index in [-0.39, 0.29) is 0 Å². The van der Waals surface area contributed by atoms with E-state index in [0.29, 0.717) is 0 Å². The van der Waals surface area contributed by atoms with E-state index in [9.17, 15) is 0 Å². The van der Waals surface area contributed by atoms with Gasteiger partial charge >= 0.3 is 0 Å². The molecule has 2 aliphatic rings. The van der Waals surface area contributed by atoms with Crippen LogP contribution in [0.2, 0.25) is 0 Å². The lowest BCUT2D eigenvalue weighted by Gasteiger charge is -1.86. The van der Waals surface area contributed by atoms with E-state index >= 15 is 0 Å². The number of nitrogens with zero attached hydrogens (tertiary/aromatic N) is 1. The number of hydrogen-bond acceptors (Lipinski definition) is 2. The Kier molecular flexibility index (Phi) is 1.37. The van der Waals surface area contributed by atoms with Gasteiger partial charge in [0.05, 0.1) is 5.69 Å². The number of fused-ring (bicyclic) bond motifs is 3. The summed E-state index contributed by atoms with van der Waals surface area (Å²) in [6.45, 7) is 0. The Bertz CT molecular complexity index is 527. The molecule has 0 N–H and O–H groups in total. The molecule has 0 atom stereocenters. The van der Waals surface area contributed by atoms with Gasteiger partial charge in [0, 0.05) is 10.9 Å². The zero-order valence-electron chi connectivity index (χ0n) is 6.90. The molecule has 2 heteroatoms. The molecule has 0 spiro atoms. The molecule has 1 aliphatic carbocycles. The zero-order valence-corrected chi connectivity index (χ0v) is 7.71. The maximum atomic E-state index is 4.53. The molecule has 0 aromatic carbocycles. The van der Waals surface area contributed by atoms with Gasteiger partial charge < -0.3 is 0 Å². The first-order chi connectivity index (χ1) is 6.45. The van der Waals surface area contributed by atoms with E-state index in [1.54, 1.807) is 11.3 Å². The van der Waals surface area contributed by atoms with Crippen molar-refractivity contribution in [3.63, 3.8) is 0 Å². The van der Waals surface area contributed by atoms with Crippen molar-refractivity contribution in [1.82, 2.24) is 4.98 Å². The van der Waals surface area contributed by atoms with Crippen LogP contribution in [0, 0.1) is 0 Å². The summed E-state index contributed by atoms with van der Waals surface area (Å²) in [7, 11) is 0. The number of thiophene rings is 1. The van der Waals surface area contributed by atoms with E-state index in [0.717, 1.165) is 10.5 Å². The predicted molar refractivity (Wildman–Crippen MR) is 56.2 cm³/mol. The number of aromatic nitrogens is 1. The summed E-state index contributed by atoms with van der Waals surface area (Å²) in [6, 6.07) is 12.4. The Labute approximate surface area is 80.0 Å². The minimum atomic E-state index is 1.09. The van der Waals surface area contributed by atoms with Gasteiger partial charge in [0.2, 0.25) is 0 Å². The van der Waals surface area contributed by atoms with E-state index in [1.165, 1.54) is 10.9 Å². The molecule has 0 unspecified atom stereocenters. The third-order valence-electron chi connectivity index (χ3n) is 2.17. The van der Waals surface area contributed by atoms with Crippen LogP contribution in [0.3, 0.4) is 0 Å². The molecule has 0 amide bonds. The van der Waals surface area contributed by atoms with Gasteiger partial charge in [-0.1, -0.05) is 24.3 Å². The fourth-order valence-electron chi connectivity index (χ4n) is 1.57. The molecule has 0 fully saturated rings. The number of rotatable bonds is 0. The maximum absolute atomic E-state index is 4.53. The van der Waals surface area contributed by atoms with Gasteiger partial charge in [-0.25, -0.2) is 4.98 Å². The molecule has 0 saturated heterocycles. The lowest BCUT2D eigenvalue weighted by molar-refractivity contribution is 1.50. The molecule has 0 radical (unpaired) electrons. The van der Waals surface area contributed by atoms with Crippen molar-refractivity contribution < 1.29 is 0 Å². The van der Waals surface area contributed by atoms with Crippen LogP contribution >= 0.6 is 11.3 Å². The first-order valence-electron chi connectivity index (χ1n) is 4.17. The summed E-state index contributed by atoms with van der Waals surface area (Å²) < 4.78 is 0. The maximum Gasteiger partial charge on any atom is 0.124 e. The second-order valence-electron chi connectivity index (χ2n) is 2.96. The lowest BCUT2D eigenvalue weighted by atomic mass is 10.2. The van der Waals surface area contributed by atoms with Gasteiger partial charge in [-0.05, 0) is 17.5 Å². The molecular formula is C11H7NS. The van der Waals surface area contributed by atoms with Gasteiger partial charge in [-0.15, -0.1) is 11.3 Å². The van der Waals surface area contributed by atoms with E-state index in [2.05, 4.69) is 34.6 Å². The summed E-state index contributed by atoms with van der Waals surface area (Å²) in [5, 5.41) is 3.36. The Morgan fingerprint density at radius 3 is 2.92 bits per heavy atom. The summed E-state index contributed by atoms with van der Waals surface area (Å²) in [4.78, 5) is 5.67. The normalized spacial score (nSPS) is 11.1. The Morgan fingerprint density at radius 1 is 1.00 bits per heavy atom. The van der Waals surface area contributed by atoms with Crippen LogP contribution in [0.5, 0.6) is 0 Å². The van der Waals surface area contributed by atoms with Crippen LogP contribution < -0.4 is 0 Å². The molecule has 1 aromatic heterocycles. The van der Waals surface area contributed by atoms with Crippen LogP contribution in [0.15, 0.2) is 41.8 Å². The first-order valence-corrected chi connectivity index (χ1v) is 5.05. The molecule has 1 aliphatic heterocycles. The number of hydrogen-bond donors (Lipinski definition) is 0. The highest BCUT2D eigenvalue weighted by atomic mass is 32.1. The molecule has 0 bridgehead atoms. The quantitative estimate of drug-likeness (QED) is 0.523.